The molecule has 2 rings (SSSR count). The molecule has 1 saturated carbocycles. The Morgan fingerprint density at radius 1 is 0.963 bits per heavy atom. The highest BCUT2D eigenvalue weighted by Crippen LogP contribution is 2.49. The molecule has 0 amide bonds. The zero-order valence-electron chi connectivity index (χ0n) is 17.9. The molecule has 0 N–H and O–H groups in total. The quantitative estimate of drug-likeness (QED) is 0.411. The molecule has 5 nitrogen and oxygen atoms in total. The van der Waals surface area contributed by atoms with Crippen LogP contribution in [0.2, 0.25) is 0 Å². The minimum atomic E-state index is -1.58. The third kappa shape index (κ3) is 4.61. The van der Waals surface area contributed by atoms with Crippen LogP contribution in [0.15, 0.2) is 12.2 Å². The molecule has 4 atom stereocenters. The molecule has 2 aliphatic carbocycles. The van der Waals surface area contributed by atoms with Crippen molar-refractivity contribution in [3.63, 3.8) is 0 Å². The number of carbonyl (C=O) groups excluding carboxylic acids is 3. The molecule has 0 spiro atoms. The standard InChI is InChI=1S/C22H34O5/c1-13-9-10-15-11-22(18(24)26-20(3,4)5,19(25)27-21(6,7)8)12-16(23)17(15)14(13)2/h9-10,13-15,17H,11-12H2,1-8H3/t13-,14+,15+,17-/m1/s1. The van der Waals surface area contributed by atoms with Gasteiger partial charge < -0.3 is 9.47 Å². The van der Waals surface area contributed by atoms with Gasteiger partial charge in [0, 0.05) is 12.3 Å². The molecule has 0 radical (unpaired) electrons. The fraction of sp³-hybridized carbons (Fsp3) is 0.773. The smallest absolute Gasteiger partial charge is 0.324 e. The van der Waals surface area contributed by atoms with E-state index in [2.05, 4.69) is 19.9 Å². The summed E-state index contributed by atoms with van der Waals surface area (Å²) in [7, 11) is 0. The van der Waals surface area contributed by atoms with Crippen LogP contribution in [0.5, 0.6) is 0 Å². The molecule has 0 aromatic rings. The van der Waals surface area contributed by atoms with E-state index in [1.807, 2.05) is 6.08 Å². The predicted molar refractivity (Wildman–Crippen MR) is 103 cm³/mol. The molecule has 0 aromatic carbocycles. The van der Waals surface area contributed by atoms with Gasteiger partial charge in [-0.05, 0) is 65.7 Å². The van der Waals surface area contributed by atoms with Gasteiger partial charge in [-0.25, -0.2) is 0 Å². The van der Waals surface area contributed by atoms with E-state index in [4.69, 9.17) is 9.47 Å². The molecular formula is C22H34O5. The van der Waals surface area contributed by atoms with Gasteiger partial charge in [0.15, 0.2) is 5.41 Å². The second kappa shape index (κ2) is 7.06. The summed E-state index contributed by atoms with van der Waals surface area (Å²) in [6.07, 6.45) is 4.18. The van der Waals surface area contributed by atoms with Gasteiger partial charge >= 0.3 is 11.9 Å². The summed E-state index contributed by atoms with van der Waals surface area (Å²) in [6, 6.07) is 0. The van der Waals surface area contributed by atoms with E-state index < -0.39 is 28.6 Å². The maximum absolute atomic E-state index is 13.1. The van der Waals surface area contributed by atoms with Crippen molar-refractivity contribution in [3.8, 4) is 0 Å². The molecule has 5 heteroatoms. The van der Waals surface area contributed by atoms with Crippen molar-refractivity contribution < 1.29 is 23.9 Å². The Hall–Kier alpha value is -1.65. The summed E-state index contributed by atoms with van der Waals surface area (Å²) in [5, 5.41) is 0. The van der Waals surface area contributed by atoms with Gasteiger partial charge in [0.1, 0.15) is 17.0 Å². The number of esters is 2. The number of ketones is 1. The zero-order chi connectivity index (χ0) is 20.8. The minimum Gasteiger partial charge on any atom is -0.459 e. The second-order valence-electron chi connectivity index (χ2n) is 10.2. The molecule has 0 unspecified atom stereocenters. The molecule has 1 fully saturated rings. The SMILES string of the molecule is C[C@@H]1[C@H]2C(=O)CC(C(=O)OC(C)(C)C)(C(=O)OC(C)(C)C)C[C@@H]2C=C[C@H]1C. The van der Waals surface area contributed by atoms with Crippen LogP contribution in [-0.2, 0) is 23.9 Å². The average Bonchev–Trinajstić information content (AvgIpc) is 2.46. The average molecular weight is 379 g/mol. The number of allylic oxidation sites excluding steroid dienone is 2. The van der Waals surface area contributed by atoms with E-state index in [-0.39, 0.29) is 36.4 Å². The van der Waals surface area contributed by atoms with Crippen molar-refractivity contribution in [2.75, 3.05) is 0 Å². The number of ether oxygens (including phenoxy) is 2. The topological polar surface area (TPSA) is 69.7 Å². The van der Waals surface area contributed by atoms with Crippen LogP contribution in [0.3, 0.4) is 0 Å². The second-order valence-corrected chi connectivity index (χ2v) is 10.2. The summed E-state index contributed by atoms with van der Waals surface area (Å²) >= 11 is 0. The predicted octanol–water partition coefficient (Wildman–Crippen LogP) is 4.09. The summed E-state index contributed by atoms with van der Waals surface area (Å²) in [5.74, 6) is -1.20. The van der Waals surface area contributed by atoms with E-state index in [1.165, 1.54) is 0 Å². The van der Waals surface area contributed by atoms with E-state index in [0.717, 1.165) is 0 Å². The minimum absolute atomic E-state index is 0.0494. The van der Waals surface area contributed by atoms with Gasteiger partial charge in [0.25, 0.3) is 0 Å². The van der Waals surface area contributed by atoms with Crippen LogP contribution < -0.4 is 0 Å². The van der Waals surface area contributed by atoms with Crippen molar-refractivity contribution in [3.05, 3.63) is 12.2 Å². The number of hydrogen-bond acceptors (Lipinski definition) is 5. The highest BCUT2D eigenvalue weighted by molar-refractivity contribution is 6.05. The van der Waals surface area contributed by atoms with Crippen LogP contribution in [0, 0.1) is 29.1 Å². The Morgan fingerprint density at radius 3 is 1.89 bits per heavy atom. The van der Waals surface area contributed by atoms with E-state index >= 15 is 0 Å². The van der Waals surface area contributed by atoms with Crippen LogP contribution in [0.25, 0.3) is 0 Å². The van der Waals surface area contributed by atoms with E-state index in [1.54, 1.807) is 41.5 Å². The van der Waals surface area contributed by atoms with Crippen LogP contribution in [0.1, 0.15) is 68.2 Å². The van der Waals surface area contributed by atoms with Gasteiger partial charge in [-0.2, -0.15) is 0 Å². The van der Waals surface area contributed by atoms with Crippen LogP contribution >= 0.6 is 0 Å². The van der Waals surface area contributed by atoms with E-state index in [0.29, 0.717) is 5.92 Å². The van der Waals surface area contributed by atoms with Gasteiger partial charge in [-0.3, -0.25) is 14.4 Å². The molecule has 0 saturated heterocycles. The third-order valence-electron chi connectivity index (χ3n) is 5.53. The number of hydrogen-bond donors (Lipinski definition) is 0. The van der Waals surface area contributed by atoms with E-state index in [9.17, 15) is 14.4 Å². The Labute approximate surface area is 162 Å². The number of carbonyl (C=O) groups is 3. The first-order valence-corrected chi connectivity index (χ1v) is 9.84. The lowest BCUT2D eigenvalue weighted by molar-refractivity contribution is -0.191. The highest BCUT2D eigenvalue weighted by atomic mass is 16.6. The van der Waals surface area contributed by atoms with Crippen molar-refractivity contribution in [2.45, 2.75) is 79.4 Å². The van der Waals surface area contributed by atoms with Crippen molar-refractivity contribution in [1.29, 1.82) is 0 Å². The monoisotopic (exact) mass is 378 g/mol. The first-order chi connectivity index (χ1) is 12.2. The van der Waals surface area contributed by atoms with Crippen LogP contribution in [0.4, 0.5) is 0 Å². The lowest BCUT2D eigenvalue weighted by Gasteiger charge is -2.45. The Bertz CT molecular complexity index is 619. The molecular weight excluding hydrogens is 344 g/mol. The summed E-state index contributed by atoms with van der Waals surface area (Å²) in [5.41, 5.74) is -3.09. The van der Waals surface area contributed by atoms with Crippen molar-refractivity contribution in [2.24, 2.45) is 29.1 Å². The fourth-order valence-electron chi connectivity index (χ4n) is 4.09. The van der Waals surface area contributed by atoms with Crippen molar-refractivity contribution >= 4 is 17.7 Å². The lowest BCUT2D eigenvalue weighted by atomic mass is 9.58. The van der Waals surface area contributed by atoms with Gasteiger partial charge in [-0.15, -0.1) is 0 Å². The first kappa shape index (κ1) is 21.6. The molecule has 2 aliphatic rings. The normalized spacial score (nSPS) is 30.4. The number of Topliss-reactive ketones (excluding diaryl/α,β-unsaturated/α-hetero) is 1. The largest absolute Gasteiger partial charge is 0.459 e. The van der Waals surface area contributed by atoms with Crippen LogP contribution in [-0.4, -0.2) is 28.9 Å². The first-order valence-electron chi connectivity index (χ1n) is 9.84. The maximum Gasteiger partial charge on any atom is 0.324 e. The zero-order valence-corrected chi connectivity index (χ0v) is 17.9. The summed E-state index contributed by atoms with van der Waals surface area (Å²) in [6.45, 7) is 14.7. The summed E-state index contributed by atoms with van der Waals surface area (Å²) in [4.78, 5) is 39.3. The Kier molecular flexibility index (Phi) is 5.66. The number of fused-ring (bicyclic) bond motifs is 1. The molecule has 27 heavy (non-hydrogen) atoms. The molecule has 0 bridgehead atoms. The molecule has 0 aliphatic heterocycles. The summed E-state index contributed by atoms with van der Waals surface area (Å²) < 4.78 is 11.2. The van der Waals surface area contributed by atoms with Gasteiger partial charge in [0.2, 0.25) is 0 Å². The number of rotatable bonds is 2. The molecule has 0 aromatic heterocycles. The molecule has 0 heterocycles. The third-order valence-corrected chi connectivity index (χ3v) is 5.53. The van der Waals surface area contributed by atoms with Gasteiger partial charge in [0.05, 0.1) is 0 Å². The lowest BCUT2D eigenvalue weighted by Crippen LogP contribution is -2.54. The maximum atomic E-state index is 13.1. The highest BCUT2D eigenvalue weighted by Gasteiger charge is 2.59. The Morgan fingerprint density at radius 2 is 1.44 bits per heavy atom. The van der Waals surface area contributed by atoms with Gasteiger partial charge in [-0.1, -0.05) is 26.0 Å². The fourth-order valence-corrected chi connectivity index (χ4v) is 4.09. The van der Waals surface area contributed by atoms with Crippen molar-refractivity contribution in [1.82, 2.24) is 0 Å². The Balaban J connectivity index is 2.45. The molecule has 152 valence electrons.